The lowest BCUT2D eigenvalue weighted by molar-refractivity contribution is 0.330. The molecule has 0 aromatic heterocycles. The van der Waals surface area contributed by atoms with Crippen molar-refractivity contribution in [3.8, 4) is 11.5 Å². The minimum absolute atomic E-state index is 0.213. The van der Waals surface area contributed by atoms with Gasteiger partial charge in [0, 0.05) is 18.3 Å². The summed E-state index contributed by atoms with van der Waals surface area (Å²) in [6.07, 6.45) is 4.31. The molecule has 1 aliphatic rings. The third-order valence-electron chi connectivity index (χ3n) is 4.44. The molecule has 0 spiro atoms. The molecule has 1 fully saturated rings. The summed E-state index contributed by atoms with van der Waals surface area (Å²) in [7, 11) is 1.61. The van der Waals surface area contributed by atoms with E-state index in [-0.39, 0.29) is 5.75 Å². The third kappa shape index (κ3) is 4.15. The molecule has 24 heavy (non-hydrogen) atoms. The molecule has 126 valence electrons. The van der Waals surface area contributed by atoms with Crippen LogP contribution in [0.5, 0.6) is 11.5 Å². The minimum atomic E-state index is 0.213. The Hall–Kier alpha value is -2.33. The van der Waals surface area contributed by atoms with E-state index >= 15 is 0 Å². The number of ether oxygens (including phenoxy) is 1. The van der Waals surface area contributed by atoms with Gasteiger partial charge in [0.15, 0.2) is 0 Å². The van der Waals surface area contributed by atoms with Crippen molar-refractivity contribution in [3.63, 3.8) is 0 Å². The molecular formula is C20H24N2O2. The van der Waals surface area contributed by atoms with Crippen LogP contribution >= 0.6 is 0 Å². The van der Waals surface area contributed by atoms with Gasteiger partial charge in [-0.3, -0.25) is 9.89 Å². The molecule has 1 heterocycles. The highest BCUT2D eigenvalue weighted by Crippen LogP contribution is 2.21. The molecular weight excluding hydrogens is 300 g/mol. The first-order valence-electron chi connectivity index (χ1n) is 8.42. The van der Waals surface area contributed by atoms with Crippen molar-refractivity contribution >= 4 is 6.21 Å². The lowest BCUT2D eigenvalue weighted by Crippen LogP contribution is -2.19. The second kappa shape index (κ2) is 7.97. The van der Waals surface area contributed by atoms with Crippen LogP contribution in [0.15, 0.2) is 47.5 Å². The van der Waals surface area contributed by atoms with Crippen LogP contribution in [0.3, 0.4) is 0 Å². The van der Waals surface area contributed by atoms with Gasteiger partial charge in [0.1, 0.15) is 11.5 Å². The van der Waals surface area contributed by atoms with Crippen LogP contribution in [-0.2, 0) is 13.1 Å². The largest absolute Gasteiger partial charge is 0.507 e. The Morgan fingerprint density at radius 2 is 1.88 bits per heavy atom. The van der Waals surface area contributed by atoms with Gasteiger partial charge in [-0.05, 0) is 55.3 Å². The number of methoxy groups -OCH3 is 1. The van der Waals surface area contributed by atoms with Gasteiger partial charge < -0.3 is 9.84 Å². The zero-order chi connectivity index (χ0) is 16.8. The number of benzene rings is 2. The van der Waals surface area contributed by atoms with Crippen LogP contribution in [0.25, 0.3) is 0 Å². The summed E-state index contributed by atoms with van der Waals surface area (Å²) in [5, 5.41) is 9.92. The molecule has 1 N–H and O–H groups in total. The number of phenols is 1. The number of nitrogens with zero attached hydrogens (tertiary/aromatic N) is 2. The molecule has 0 aliphatic carbocycles. The lowest BCUT2D eigenvalue weighted by Gasteiger charge is -2.16. The number of rotatable bonds is 6. The Labute approximate surface area is 143 Å². The van der Waals surface area contributed by atoms with Crippen LogP contribution in [-0.4, -0.2) is 36.4 Å². The van der Waals surface area contributed by atoms with Crippen LogP contribution in [0, 0.1) is 0 Å². The molecule has 2 aromatic rings. The zero-order valence-electron chi connectivity index (χ0n) is 14.1. The number of phenolic OH excluding ortho intramolecular Hbond substituents is 1. The molecule has 1 saturated heterocycles. The highest BCUT2D eigenvalue weighted by molar-refractivity contribution is 5.84. The van der Waals surface area contributed by atoms with Crippen molar-refractivity contribution in [3.05, 3.63) is 59.2 Å². The summed E-state index contributed by atoms with van der Waals surface area (Å²) in [5.41, 5.74) is 3.25. The average Bonchev–Trinajstić information content (AvgIpc) is 3.11. The van der Waals surface area contributed by atoms with Crippen LogP contribution < -0.4 is 4.74 Å². The van der Waals surface area contributed by atoms with Gasteiger partial charge in [-0.25, -0.2) is 0 Å². The average molecular weight is 324 g/mol. The van der Waals surface area contributed by atoms with E-state index < -0.39 is 0 Å². The predicted molar refractivity (Wildman–Crippen MR) is 96.9 cm³/mol. The molecule has 3 rings (SSSR count). The molecule has 0 amide bonds. The van der Waals surface area contributed by atoms with Crippen molar-refractivity contribution in [2.75, 3.05) is 20.2 Å². The van der Waals surface area contributed by atoms with Crippen molar-refractivity contribution in [1.29, 1.82) is 0 Å². The molecule has 0 unspecified atom stereocenters. The molecule has 0 bridgehead atoms. The monoisotopic (exact) mass is 324 g/mol. The number of likely N-dealkylation sites (tertiary alicyclic amines) is 1. The molecule has 0 radical (unpaired) electrons. The summed E-state index contributed by atoms with van der Waals surface area (Å²) in [6, 6.07) is 13.6. The lowest BCUT2D eigenvalue weighted by atomic mass is 10.1. The van der Waals surface area contributed by atoms with E-state index in [9.17, 15) is 5.11 Å². The van der Waals surface area contributed by atoms with Crippen LogP contribution in [0.4, 0.5) is 0 Å². The number of aromatic hydroxyl groups is 1. The standard InChI is InChI=1S/C20H24N2O2/c1-24-19-8-9-20(23)18(12-19)14-21-13-16-6-2-3-7-17(16)15-22-10-4-5-11-22/h2-3,6-9,12,14,23H,4-5,10-11,13,15H2,1H3. The maximum absolute atomic E-state index is 9.92. The van der Waals surface area contributed by atoms with Gasteiger partial charge in [0.25, 0.3) is 0 Å². The molecule has 0 saturated carbocycles. The number of aliphatic imine (C=N–C) groups is 1. The summed E-state index contributed by atoms with van der Waals surface area (Å²) >= 11 is 0. The normalized spacial score (nSPS) is 15.2. The van der Waals surface area contributed by atoms with Gasteiger partial charge >= 0.3 is 0 Å². The van der Waals surface area contributed by atoms with E-state index in [0.717, 1.165) is 6.54 Å². The van der Waals surface area contributed by atoms with E-state index in [1.807, 2.05) is 0 Å². The van der Waals surface area contributed by atoms with Crippen molar-refractivity contribution < 1.29 is 9.84 Å². The van der Waals surface area contributed by atoms with E-state index in [1.54, 1.807) is 31.5 Å². The summed E-state index contributed by atoms with van der Waals surface area (Å²) in [5.74, 6) is 0.925. The Bertz CT molecular complexity index is 707. The Kier molecular flexibility index (Phi) is 5.49. The van der Waals surface area contributed by atoms with Gasteiger partial charge in [-0.1, -0.05) is 24.3 Å². The van der Waals surface area contributed by atoms with Crippen LogP contribution in [0.2, 0.25) is 0 Å². The quantitative estimate of drug-likeness (QED) is 0.826. The summed E-state index contributed by atoms with van der Waals surface area (Å²) in [4.78, 5) is 7.02. The SMILES string of the molecule is COc1ccc(O)c(C=NCc2ccccc2CN2CCCC2)c1. The van der Waals surface area contributed by atoms with Crippen molar-refractivity contribution in [2.24, 2.45) is 4.99 Å². The zero-order valence-corrected chi connectivity index (χ0v) is 14.1. The second-order valence-electron chi connectivity index (χ2n) is 6.15. The van der Waals surface area contributed by atoms with Gasteiger partial charge in [0.05, 0.1) is 13.7 Å². The fourth-order valence-corrected chi connectivity index (χ4v) is 3.05. The number of hydrogen-bond donors (Lipinski definition) is 1. The fraction of sp³-hybridized carbons (Fsp3) is 0.350. The number of hydrogen-bond acceptors (Lipinski definition) is 4. The predicted octanol–water partition coefficient (Wildman–Crippen LogP) is 3.62. The van der Waals surface area contributed by atoms with Crippen LogP contribution in [0.1, 0.15) is 29.5 Å². The van der Waals surface area contributed by atoms with Gasteiger partial charge in [0.2, 0.25) is 0 Å². The fourth-order valence-electron chi connectivity index (χ4n) is 3.05. The second-order valence-corrected chi connectivity index (χ2v) is 6.15. The minimum Gasteiger partial charge on any atom is -0.507 e. The Morgan fingerprint density at radius 3 is 2.62 bits per heavy atom. The smallest absolute Gasteiger partial charge is 0.124 e. The Balaban J connectivity index is 1.70. The van der Waals surface area contributed by atoms with Gasteiger partial charge in [-0.15, -0.1) is 0 Å². The van der Waals surface area contributed by atoms with E-state index in [2.05, 4.69) is 34.2 Å². The highest BCUT2D eigenvalue weighted by atomic mass is 16.5. The molecule has 4 nitrogen and oxygen atoms in total. The van der Waals surface area contributed by atoms with Crippen molar-refractivity contribution in [2.45, 2.75) is 25.9 Å². The molecule has 2 aromatic carbocycles. The first-order chi connectivity index (χ1) is 11.8. The van der Waals surface area contributed by atoms with Crippen molar-refractivity contribution in [1.82, 2.24) is 4.90 Å². The first-order valence-corrected chi connectivity index (χ1v) is 8.42. The third-order valence-corrected chi connectivity index (χ3v) is 4.44. The maximum atomic E-state index is 9.92. The van der Waals surface area contributed by atoms with E-state index in [4.69, 9.17) is 4.74 Å². The molecule has 0 atom stereocenters. The summed E-state index contributed by atoms with van der Waals surface area (Å²) < 4.78 is 5.19. The van der Waals surface area contributed by atoms with E-state index in [0.29, 0.717) is 17.9 Å². The topological polar surface area (TPSA) is 45.1 Å². The van der Waals surface area contributed by atoms with E-state index in [1.165, 1.54) is 37.1 Å². The molecule has 4 heteroatoms. The maximum Gasteiger partial charge on any atom is 0.124 e. The summed E-state index contributed by atoms with van der Waals surface area (Å²) in [6.45, 7) is 3.99. The highest BCUT2D eigenvalue weighted by Gasteiger charge is 2.13. The van der Waals surface area contributed by atoms with Gasteiger partial charge in [-0.2, -0.15) is 0 Å². The molecule has 1 aliphatic heterocycles. The Morgan fingerprint density at radius 1 is 1.12 bits per heavy atom. The first kappa shape index (κ1) is 16.5.